The van der Waals surface area contributed by atoms with Gasteiger partial charge in [0, 0.05) is 27.0 Å². The van der Waals surface area contributed by atoms with Crippen LogP contribution in [0.5, 0.6) is 0 Å². The van der Waals surface area contributed by atoms with Gasteiger partial charge in [-0.3, -0.25) is 14.4 Å². The summed E-state index contributed by atoms with van der Waals surface area (Å²) in [5.74, 6) is -1.63. The quantitative estimate of drug-likeness (QED) is 0.232. The molecule has 0 aromatic heterocycles. The van der Waals surface area contributed by atoms with Crippen molar-refractivity contribution in [2.75, 3.05) is 10.2 Å². The van der Waals surface area contributed by atoms with Gasteiger partial charge in [-0.1, -0.05) is 114 Å². The van der Waals surface area contributed by atoms with Gasteiger partial charge in [0.05, 0.1) is 12.0 Å². The van der Waals surface area contributed by atoms with Gasteiger partial charge in [-0.25, -0.2) is 0 Å². The van der Waals surface area contributed by atoms with E-state index in [2.05, 4.69) is 28.2 Å². The first-order valence-corrected chi connectivity index (χ1v) is 15.1. The number of rotatable bonds is 6. The van der Waals surface area contributed by atoms with Crippen LogP contribution in [0, 0.1) is 5.92 Å². The third kappa shape index (κ3) is 3.85. The summed E-state index contributed by atoms with van der Waals surface area (Å²) in [7, 11) is 0. The number of carbonyl (C=O) groups excluding carboxylic acids is 3. The number of hydrogen-bond acceptors (Lipinski definition) is 4. The zero-order valence-corrected chi connectivity index (χ0v) is 24.7. The fourth-order valence-corrected chi connectivity index (χ4v) is 7.47. The molecule has 0 aliphatic carbocycles. The molecule has 4 atom stereocenters. The largest absolute Gasteiger partial charge is 0.352 e. The number of nitrogens with one attached hydrogen (secondary N) is 1. The van der Waals surface area contributed by atoms with Crippen molar-refractivity contribution < 1.29 is 14.4 Å². The number of hydrogen-bond donors (Lipinski definition) is 1. The van der Waals surface area contributed by atoms with E-state index in [1.54, 1.807) is 12.1 Å². The molecule has 3 aliphatic rings. The average molecular weight is 618 g/mol. The Kier molecular flexibility index (Phi) is 6.47. The highest BCUT2D eigenvalue weighted by Gasteiger charge is 2.70. The van der Waals surface area contributed by atoms with Crippen molar-refractivity contribution in [3.05, 3.63) is 135 Å². The van der Waals surface area contributed by atoms with Gasteiger partial charge in [0.15, 0.2) is 11.6 Å². The van der Waals surface area contributed by atoms with E-state index in [-0.39, 0.29) is 17.5 Å². The molecule has 3 heterocycles. The average Bonchev–Trinajstić information content (AvgIpc) is 3.50. The van der Waals surface area contributed by atoms with Crippen molar-refractivity contribution in [2.24, 2.45) is 5.92 Å². The van der Waals surface area contributed by atoms with Crippen LogP contribution in [-0.4, -0.2) is 29.6 Å². The third-order valence-corrected chi connectivity index (χ3v) is 9.53. The highest BCUT2D eigenvalue weighted by atomic mass is 79.9. The number of ketones is 2. The number of Topliss-reactive ketones (excluding diaryl/α,β-unsaturated/α-hetero) is 2. The third-order valence-electron chi connectivity index (χ3n) is 9.00. The fourth-order valence-electron chi connectivity index (χ4n) is 7.21. The standard InChI is InChI=1S/C36H29BrN2O3/c1-2-7-22-12-14-24(15-13-22)33(40)31-32(34(41)25-16-19-26(37)20-17-25)39-29-11-6-3-8-23(29)18-21-30(39)36(31)27-9-4-5-10-28(27)38-35(36)42/h3-6,8-21,30-32H,2,7H2,1H3,(H,38,42)/t30-,31-,32+,36+/m1/s1. The predicted octanol–water partition coefficient (Wildman–Crippen LogP) is 7.26. The Morgan fingerprint density at radius 1 is 0.857 bits per heavy atom. The van der Waals surface area contributed by atoms with E-state index >= 15 is 0 Å². The Morgan fingerprint density at radius 3 is 2.29 bits per heavy atom. The number of amides is 1. The molecule has 4 aromatic carbocycles. The van der Waals surface area contributed by atoms with Gasteiger partial charge in [0.2, 0.25) is 5.91 Å². The molecule has 5 nitrogen and oxygen atoms in total. The van der Waals surface area contributed by atoms with Gasteiger partial charge < -0.3 is 10.2 Å². The monoisotopic (exact) mass is 616 g/mol. The molecule has 1 spiro atoms. The Labute approximate surface area is 253 Å². The lowest BCUT2D eigenvalue weighted by Gasteiger charge is -2.37. The molecule has 1 saturated heterocycles. The van der Waals surface area contributed by atoms with Crippen LogP contribution >= 0.6 is 15.9 Å². The van der Waals surface area contributed by atoms with Crippen LogP contribution in [-0.2, 0) is 16.6 Å². The number of carbonyl (C=O) groups is 3. The van der Waals surface area contributed by atoms with Crippen molar-refractivity contribution in [1.82, 2.24) is 0 Å². The molecule has 1 N–H and O–H groups in total. The van der Waals surface area contributed by atoms with E-state index in [0.717, 1.165) is 39.7 Å². The molecule has 1 fully saturated rings. The lowest BCUT2D eigenvalue weighted by molar-refractivity contribution is -0.121. The molecule has 3 aliphatic heterocycles. The summed E-state index contributed by atoms with van der Waals surface area (Å²) in [4.78, 5) is 46.1. The molecule has 6 heteroatoms. The van der Waals surface area contributed by atoms with Gasteiger partial charge in [-0.15, -0.1) is 0 Å². The van der Waals surface area contributed by atoms with E-state index in [9.17, 15) is 14.4 Å². The summed E-state index contributed by atoms with van der Waals surface area (Å²) in [6, 6.07) is 28.9. The lowest BCUT2D eigenvalue weighted by Crippen LogP contribution is -2.51. The van der Waals surface area contributed by atoms with Crippen LogP contribution in [0.2, 0.25) is 0 Å². The molecule has 0 bridgehead atoms. The summed E-state index contributed by atoms with van der Waals surface area (Å²) in [6.07, 6.45) is 5.94. The molecular weight excluding hydrogens is 588 g/mol. The van der Waals surface area contributed by atoms with Gasteiger partial charge in [0.1, 0.15) is 11.5 Å². The van der Waals surface area contributed by atoms with Crippen LogP contribution < -0.4 is 10.2 Å². The fraction of sp³-hybridized carbons (Fsp3) is 0.194. The van der Waals surface area contributed by atoms with Crippen LogP contribution in [0.3, 0.4) is 0 Å². The second kappa shape index (κ2) is 10.2. The summed E-state index contributed by atoms with van der Waals surface area (Å²) >= 11 is 3.47. The van der Waals surface area contributed by atoms with Crippen molar-refractivity contribution >= 4 is 50.9 Å². The number of halogens is 1. The van der Waals surface area contributed by atoms with Crippen molar-refractivity contribution in [3.8, 4) is 0 Å². The molecule has 4 aromatic rings. The normalized spacial score (nSPS) is 23.3. The van der Waals surface area contributed by atoms with Crippen LogP contribution in [0.1, 0.15) is 50.8 Å². The minimum atomic E-state index is -1.31. The van der Waals surface area contributed by atoms with Crippen LogP contribution in [0.15, 0.2) is 108 Å². The first kappa shape index (κ1) is 26.6. The van der Waals surface area contributed by atoms with Gasteiger partial charge in [0.25, 0.3) is 0 Å². The maximum atomic E-state index is 14.9. The van der Waals surface area contributed by atoms with Crippen LogP contribution in [0.25, 0.3) is 6.08 Å². The SMILES string of the molecule is CCCc1ccc(C(=O)[C@H]2[C@@H](C(=O)c3ccc(Br)cc3)N3c4ccccc4C=C[C@@H]3[C@]23C(=O)Nc2ccccc23)cc1. The molecule has 0 unspecified atom stereocenters. The van der Waals surface area contributed by atoms with Gasteiger partial charge in [-0.2, -0.15) is 0 Å². The van der Waals surface area contributed by atoms with E-state index in [4.69, 9.17) is 0 Å². The van der Waals surface area contributed by atoms with Gasteiger partial charge >= 0.3 is 0 Å². The lowest BCUT2D eigenvalue weighted by atomic mass is 9.64. The highest BCUT2D eigenvalue weighted by Crippen LogP contribution is 2.58. The number of aryl methyl sites for hydroxylation is 1. The molecule has 42 heavy (non-hydrogen) atoms. The zero-order valence-electron chi connectivity index (χ0n) is 23.1. The van der Waals surface area contributed by atoms with Crippen molar-refractivity contribution in [2.45, 2.75) is 37.3 Å². The van der Waals surface area contributed by atoms with E-state index in [1.807, 2.05) is 102 Å². The summed E-state index contributed by atoms with van der Waals surface area (Å²) in [6.45, 7) is 2.12. The molecule has 1 amide bonds. The topological polar surface area (TPSA) is 66.5 Å². The molecule has 208 valence electrons. The first-order valence-electron chi connectivity index (χ1n) is 14.3. The van der Waals surface area contributed by atoms with Gasteiger partial charge in [-0.05, 0) is 47.4 Å². The highest BCUT2D eigenvalue weighted by molar-refractivity contribution is 9.10. The maximum Gasteiger partial charge on any atom is 0.238 e. The second-order valence-electron chi connectivity index (χ2n) is 11.2. The summed E-state index contributed by atoms with van der Waals surface area (Å²) in [5.41, 5.74) is 4.05. The molecular formula is C36H29BrN2O3. The van der Waals surface area contributed by atoms with Crippen LogP contribution in [0.4, 0.5) is 11.4 Å². The number of nitrogens with zero attached hydrogens (tertiary/aromatic N) is 1. The summed E-state index contributed by atoms with van der Waals surface area (Å²) < 4.78 is 0.856. The Bertz CT molecular complexity index is 1760. The Hall–Kier alpha value is -4.29. The minimum Gasteiger partial charge on any atom is -0.352 e. The van der Waals surface area contributed by atoms with Crippen molar-refractivity contribution in [3.63, 3.8) is 0 Å². The van der Waals surface area contributed by atoms with E-state index in [1.165, 1.54) is 0 Å². The predicted molar refractivity (Wildman–Crippen MR) is 169 cm³/mol. The Balaban J connectivity index is 1.49. The number of para-hydroxylation sites is 2. The summed E-state index contributed by atoms with van der Waals surface area (Å²) in [5, 5.41) is 3.09. The number of benzene rings is 4. The second-order valence-corrected chi connectivity index (χ2v) is 12.2. The number of fused-ring (bicyclic) bond motifs is 6. The smallest absolute Gasteiger partial charge is 0.238 e. The molecule has 7 rings (SSSR count). The minimum absolute atomic E-state index is 0.187. The molecule has 0 radical (unpaired) electrons. The maximum absolute atomic E-state index is 14.9. The van der Waals surface area contributed by atoms with E-state index < -0.39 is 23.4 Å². The van der Waals surface area contributed by atoms with Crippen molar-refractivity contribution in [1.29, 1.82) is 0 Å². The number of anilines is 2. The zero-order chi connectivity index (χ0) is 29.0. The Morgan fingerprint density at radius 2 is 1.52 bits per heavy atom. The van der Waals surface area contributed by atoms with E-state index in [0.29, 0.717) is 16.8 Å². The molecule has 0 saturated carbocycles. The first-order chi connectivity index (χ1) is 20.4.